The second-order valence-electron chi connectivity index (χ2n) is 4.08. The molecule has 0 amide bonds. The van der Waals surface area contributed by atoms with Gasteiger partial charge in [-0.25, -0.2) is 14.5 Å². The van der Waals surface area contributed by atoms with E-state index in [0.29, 0.717) is 18.4 Å². The molecular weight excluding hydrogens is 238 g/mol. The van der Waals surface area contributed by atoms with Gasteiger partial charge in [-0.1, -0.05) is 5.16 Å². The lowest BCUT2D eigenvalue weighted by molar-refractivity contribution is 0.0586. The standard InChI is InChI=1S/C10H11N5O3/c1-17-10(16)9-11-5-15(13-9)4-7-12-8(14-18-7)6-2-3-6/h5-6H,2-4H2,1H3. The number of ether oxygens (including phenoxy) is 1. The summed E-state index contributed by atoms with van der Waals surface area (Å²) in [6.45, 7) is 0.295. The van der Waals surface area contributed by atoms with E-state index in [1.807, 2.05) is 0 Å². The van der Waals surface area contributed by atoms with E-state index in [4.69, 9.17) is 4.52 Å². The molecular formula is C10H11N5O3. The highest BCUT2D eigenvalue weighted by atomic mass is 16.5. The minimum absolute atomic E-state index is 0.0134. The van der Waals surface area contributed by atoms with Crippen LogP contribution in [0, 0.1) is 0 Å². The number of nitrogens with zero attached hydrogens (tertiary/aromatic N) is 5. The van der Waals surface area contributed by atoms with E-state index in [1.165, 1.54) is 18.1 Å². The molecule has 1 aliphatic carbocycles. The van der Waals surface area contributed by atoms with Crippen molar-refractivity contribution in [2.45, 2.75) is 25.3 Å². The SMILES string of the molecule is COC(=O)c1ncn(Cc2nc(C3CC3)no2)n1. The van der Waals surface area contributed by atoms with Crippen LogP contribution in [0.1, 0.15) is 41.1 Å². The molecule has 0 aliphatic heterocycles. The number of carbonyl (C=O) groups excluding carboxylic acids is 1. The molecule has 0 saturated heterocycles. The van der Waals surface area contributed by atoms with E-state index in [1.54, 1.807) is 0 Å². The zero-order valence-corrected chi connectivity index (χ0v) is 9.74. The van der Waals surface area contributed by atoms with Crippen molar-refractivity contribution in [3.8, 4) is 0 Å². The first kappa shape index (κ1) is 10.9. The number of esters is 1. The van der Waals surface area contributed by atoms with Gasteiger partial charge in [-0.05, 0) is 12.8 Å². The maximum atomic E-state index is 11.2. The molecule has 0 spiro atoms. The molecule has 0 radical (unpaired) electrons. The predicted molar refractivity (Wildman–Crippen MR) is 56.7 cm³/mol. The smallest absolute Gasteiger partial charge is 0.377 e. The fraction of sp³-hybridized carbons (Fsp3) is 0.500. The number of hydrogen-bond acceptors (Lipinski definition) is 7. The summed E-state index contributed by atoms with van der Waals surface area (Å²) in [5.41, 5.74) is 0. The van der Waals surface area contributed by atoms with Gasteiger partial charge in [-0.3, -0.25) is 0 Å². The third-order valence-electron chi connectivity index (χ3n) is 2.63. The molecule has 1 fully saturated rings. The predicted octanol–water partition coefficient (Wildman–Crippen LogP) is 0.373. The van der Waals surface area contributed by atoms with Crippen LogP contribution in [-0.4, -0.2) is 38.0 Å². The van der Waals surface area contributed by atoms with E-state index >= 15 is 0 Å². The number of rotatable bonds is 4. The summed E-state index contributed by atoms with van der Waals surface area (Å²) in [5, 5.41) is 7.84. The molecule has 0 N–H and O–H groups in total. The fourth-order valence-electron chi connectivity index (χ4n) is 1.53. The summed E-state index contributed by atoms with van der Waals surface area (Å²) in [6, 6.07) is 0. The van der Waals surface area contributed by atoms with Crippen LogP contribution in [0.25, 0.3) is 0 Å². The number of hydrogen-bond donors (Lipinski definition) is 0. The molecule has 8 nitrogen and oxygen atoms in total. The highest BCUT2D eigenvalue weighted by Gasteiger charge is 2.28. The molecule has 18 heavy (non-hydrogen) atoms. The monoisotopic (exact) mass is 249 g/mol. The first-order valence-electron chi connectivity index (χ1n) is 5.56. The van der Waals surface area contributed by atoms with Gasteiger partial charge in [0.2, 0.25) is 5.89 Å². The lowest BCUT2D eigenvalue weighted by Gasteiger charge is -1.93. The van der Waals surface area contributed by atoms with Crippen molar-refractivity contribution in [3.63, 3.8) is 0 Å². The van der Waals surface area contributed by atoms with Gasteiger partial charge in [0.25, 0.3) is 5.82 Å². The second kappa shape index (κ2) is 4.21. The molecule has 3 rings (SSSR count). The fourth-order valence-corrected chi connectivity index (χ4v) is 1.53. The van der Waals surface area contributed by atoms with Gasteiger partial charge in [-0.2, -0.15) is 4.98 Å². The highest BCUT2D eigenvalue weighted by molar-refractivity contribution is 5.84. The summed E-state index contributed by atoms with van der Waals surface area (Å²) in [4.78, 5) is 19.3. The second-order valence-corrected chi connectivity index (χ2v) is 4.08. The number of carbonyl (C=O) groups is 1. The molecule has 0 aromatic carbocycles. The maximum Gasteiger partial charge on any atom is 0.377 e. The Morgan fingerprint density at radius 1 is 1.61 bits per heavy atom. The molecule has 2 aromatic heterocycles. The lowest BCUT2D eigenvalue weighted by Crippen LogP contribution is -2.06. The third kappa shape index (κ3) is 2.08. The van der Waals surface area contributed by atoms with E-state index in [-0.39, 0.29) is 5.82 Å². The number of aromatic nitrogens is 5. The van der Waals surface area contributed by atoms with Crippen LogP contribution < -0.4 is 0 Å². The summed E-state index contributed by atoms with van der Waals surface area (Å²) in [7, 11) is 1.28. The van der Waals surface area contributed by atoms with Crippen molar-refractivity contribution in [1.82, 2.24) is 24.9 Å². The molecule has 0 atom stereocenters. The Morgan fingerprint density at radius 3 is 3.17 bits per heavy atom. The van der Waals surface area contributed by atoms with Crippen molar-refractivity contribution < 1.29 is 14.1 Å². The van der Waals surface area contributed by atoms with Crippen LogP contribution >= 0.6 is 0 Å². The van der Waals surface area contributed by atoms with E-state index < -0.39 is 5.97 Å². The summed E-state index contributed by atoms with van der Waals surface area (Å²) >= 11 is 0. The van der Waals surface area contributed by atoms with Crippen molar-refractivity contribution in [3.05, 3.63) is 23.9 Å². The largest absolute Gasteiger partial charge is 0.463 e. The van der Waals surface area contributed by atoms with Crippen LogP contribution in [0.2, 0.25) is 0 Å². The topological polar surface area (TPSA) is 95.9 Å². The highest BCUT2D eigenvalue weighted by Crippen LogP contribution is 2.38. The van der Waals surface area contributed by atoms with Crippen LogP contribution in [-0.2, 0) is 11.3 Å². The zero-order valence-electron chi connectivity index (χ0n) is 9.74. The molecule has 0 unspecified atom stereocenters. The third-order valence-corrected chi connectivity index (χ3v) is 2.63. The molecule has 2 heterocycles. The molecule has 0 bridgehead atoms. The Morgan fingerprint density at radius 2 is 2.44 bits per heavy atom. The van der Waals surface area contributed by atoms with Crippen LogP contribution in [0.5, 0.6) is 0 Å². The van der Waals surface area contributed by atoms with Crippen LogP contribution in [0.4, 0.5) is 0 Å². The van der Waals surface area contributed by atoms with Crippen molar-refractivity contribution in [2.24, 2.45) is 0 Å². The molecule has 1 saturated carbocycles. The van der Waals surface area contributed by atoms with Crippen molar-refractivity contribution in [2.75, 3.05) is 7.11 Å². The maximum absolute atomic E-state index is 11.2. The Balaban J connectivity index is 1.71. The first-order chi connectivity index (χ1) is 8.76. The van der Waals surface area contributed by atoms with E-state index in [2.05, 4.69) is 25.0 Å². The van der Waals surface area contributed by atoms with E-state index in [9.17, 15) is 4.79 Å². The normalized spacial score (nSPS) is 14.7. The van der Waals surface area contributed by atoms with Gasteiger partial charge in [0, 0.05) is 5.92 Å². The first-order valence-corrected chi connectivity index (χ1v) is 5.56. The molecule has 8 heteroatoms. The van der Waals surface area contributed by atoms with Crippen molar-refractivity contribution >= 4 is 5.97 Å². The van der Waals surface area contributed by atoms with E-state index in [0.717, 1.165) is 18.7 Å². The summed E-state index contributed by atoms with van der Waals surface area (Å²) in [5.74, 6) is 1.10. The Kier molecular flexibility index (Phi) is 2.54. The van der Waals surface area contributed by atoms with Gasteiger partial charge in [0.05, 0.1) is 7.11 Å². The Hall–Kier alpha value is -2.25. The summed E-state index contributed by atoms with van der Waals surface area (Å²) < 4.78 is 11.1. The Labute approximate surface area is 102 Å². The zero-order chi connectivity index (χ0) is 12.5. The quantitative estimate of drug-likeness (QED) is 0.722. The lowest BCUT2D eigenvalue weighted by atomic mass is 10.4. The van der Waals surface area contributed by atoms with Crippen molar-refractivity contribution in [1.29, 1.82) is 0 Å². The van der Waals surface area contributed by atoms with Gasteiger partial charge in [0.15, 0.2) is 5.82 Å². The minimum Gasteiger partial charge on any atom is -0.463 e. The molecule has 94 valence electrons. The minimum atomic E-state index is -0.571. The summed E-state index contributed by atoms with van der Waals surface area (Å²) in [6.07, 6.45) is 3.66. The molecule has 1 aliphatic rings. The van der Waals surface area contributed by atoms with Crippen LogP contribution in [0.15, 0.2) is 10.9 Å². The van der Waals surface area contributed by atoms with Gasteiger partial charge in [-0.15, -0.1) is 5.10 Å². The molecule has 2 aromatic rings. The van der Waals surface area contributed by atoms with Gasteiger partial charge >= 0.3 is 5.97 Å². The van der Waals surface area contributed by atoms with Crippen LogP contribution in [0.3, 0.4) is 0 Å². The average molecular weight is 249 g/mol. The van der Waals surface area contributed by atoms with Gasteiger partial charge in [0.1, 0.15) is 12.9 Å². The average Bonchev–Trinajstić information content (AvgIpc) is 2.96. The number of methoxy groups -OCH3 is 1. The van der Waals surface area contributed by atoms with Gasteiger partial charge < -0.3 is 9.26 Å². The Bertz CT molecular complexity index is 572.